The minimum Gasteiger partial charge on any atom is -0.489 e. The molecular formula is C20H22ClNO4. The molecular weight excluding hydrogens is 354 g/mol. The second-order valence-corrected chi connectivity index (χ2v) is 6.46. The van der Waals surface area contributed by atoms with Crippen molar-refractivity contribution in [1.29, 1.82) is 0 Å². The first-order valence-corrected chi connectivity index (χ1v) is 8.77. The number of amides is 1. The number of aliphatic carboxylic acids is 1. The van der Waals surface area contributed by atoms with Gasteiger partial charge in [-0.1, -0.05) is 41.4 Å². The molecule has 0 saturated heterocycles. The van der Waals surface area contributed by atoms with Crippen molar-refractivity contribution in [3.05, 3.63) is 64.2 Å². The van der Waals surface area contributed by atoms with Gasteiger partial charge in [0.25, 0.3) is 0 Å². The molecule has 0 saturated carbocycles. The first-order chi connectivity index (χ1) is 12.4. The number of carboxylic acids is 1. The molecule has 1 amide bonds. The maximum Gasteiger partial charge on any atom is 0.303 e. The summed E-state index contributed by atoms with van der Waals surface area (Å²) in [4.78, 5) is 22.1. The van der Waals surface area contributed by atoms with Crippen molar-refractivity contribution < 1.29 is 19.4 Å². The Morgan fingerprint density at radius 2 is 1.96 bits per heavy atom. The van der Waals surface area contributed by atoms with Gasteiger partial charge in [-0.05, 0) is 42.7 Å². The molecule has 0 aliphatic rings. The average molecular weight is 376 g/mol. The molecule has 0 aliphatic heterocycles. The van der Waals surface area contributed by atoms with Crippen LogP contribution in [0.5, 0.6) is 5.75 Å². The van der Waals surface area contributed by atoms with E-state index in [1.54, 1.807) is 6.07 Å². The highest BCUT2D eigenvalue weighted by Gasteiger charge is 2.08. The summed E-state index contributed by atoms with van der Waals surface area (Å²) < 4.78 is 5.92. The number of carbonyl (C=O) groups excluding carboxylic acids is 1. The molecule has 0 heterocycles. The van der Waals surface area contributed by atoms with Gasteiger partial charge in [0.15, 0.2) is 0 Å². The number of carbonyl (C=O) groups is 2. The van der Waals surface area contributed by atoms with E-state index in [0.717, 1.165) is 16.9 Å². The maximum atomic E-state index is 11.6. The van der Waals surface area contributed by atoms with E-state index >= 15 is 0 Å². The van der Waals surface area contributed by atoms with Crippen LogP contribution in [-0.4, -0.2) is 23.5 Å². The lowest BCUT2D eigenvalue weighted by Crippen LogP contribution is -2.26. The van der Waals surface area contributed by atoms with Crippen molar-refractivity contribution in [3.8, 4) is 5.75 Å². The van der Waals surface area contributed by atoms with Crippen LogP contribution < -0.4 is 10.1 Å². The minimum absolute atomic E-state index is 0.0262. The summed E-state index contributed by atoms with van der Waals surface area (Å²) in [5.74, 6) is -0.547. The molecule has 6 heteroatoms. The van der Waals surface area contributed by atoms with Gasteiger partial charge >= 0.3 is 5.97 Å². The smallest absolute Gasteiger partial charge is 0.303 e. The van der Waals surface area contributed by atoms with Crippen LogP contribution in [0.4, 0.5) is 0 Å². The third kappa shape index (κ3) is 6.76. The fourth-order valence-electron chi connectivity index (χ4n) is 2.49. The average Bonchev–Trinajstić information content (AvgIpc) is 2.59. The Bertz CT molecular complexity index is 776. The van der Waals surface area contributed by atoms with Crippen molar-refractivity contribution in [1.82, 2.24) is 5.32 Å². The molecule has 0 aromatic heterocycles. The van der Waals surface area contributed by atoms with Crippen molar-refractivity contribution in [2.75, 3.05) is 6.54 Å². The van der Waals surface area contributed by atoms with Crippen LogP contribution >= 0.6 is 11.6 Å². The molecule has 0 spiro atoms. The Balaban J connectivity index is 1.92. The number of aryl methyl sites for hydroxylation is 1. The first kappa shape index (κ1) is 19.8. The van der Waals surface area contributed by atoms with Gasteiger partial charge < -0.3 is 15.2 Å². The van der Waals surface area contributed by atoms with Crippen molar-refractivity contribution >= 4 is 23.5 Å². The zero-order chi connectivity index (χ0) is 18.9. The number of hydrogen-bond donors (Lipinski definition) is 2. The number of halogens is 1. The lowest BCUT2D eigenvalue weighted by Gasteiger charge is -2.13. The molecule has 2 N–H and O–H groups in total. The Morgan fingerprint density at radius 1 is 1.15 bits per heavy atom. The number of hydrogen-bond acceptors (Lipinski definition) is 3. The Labute approximate surface area is 157 Å². The lowest BCUT2D eigenvalue weighted by molar-refractivity contribution is -0.138. The van der Waals surface area contributed by atoms with Crippen LogP contribution in [0.25, 0.3) is 0 Å². The Morgan fingerprint density at radius 3 is 2.69 bits per heavy atom. The summed E-state index contributed by atoms with van der Waals surface area (Å²) in [5, 5.41) is 11.9. The normalized spacial score (nSPS) is 10.4. The second kappa shape index (κ2) is 9.82. The molecule has 2 aromatic carbocycles. The van der Waals surface area contributed by atoms with Gasteiger partial charge in [-0.3, -0.25) is 9.59 Å². The topological polar surface area (TPSA) is 75.6 Å². The number of ether oxygens (including phenoxy) is 1. The molecule has 138 valence electrons. The van der Waals surface area contributed by atoms with Crippen LogP contribution in [0.3, 0.4) is 0 Å². The van der Waals surface area contributed by atoms with Crippen molar-refractivity contribution in [2.45, 2.75) is 32.8 Å². The molecule has 0 radical (unpaired) electrons. The SMILES string of the molecule is Cc1cccc(COc2ccc(Cl)cc2CCNC(=O)CCC(=O)O)c1. The van der Waals surface area contributed by atoms with Gasteiger partial charge in [0.1, 0.15) is 12.4 Å². The third-order valence-corrected chi connectivity index (χ3v) is 4.02. The number of rotatable bonds is 9. The van der Waals surface area contributed by atoms with Crippen LogP contribution in [0, 0.1) is 6.92 Å². The minimum atomic E-state index is -0.984. The van der Waals surface area contributed by atoms with Crippen LogP contribution in [0.15, 0.2) is 42.5 Å². The van der Waals surface area contributed by atoms with Gasteiger partial charge in [-0.25, -0.2) is 0 Å². The monoisotopic (exact) mass is 375 g/mol. The first-order valence-electron chi connectivity index (χ1n) is 8.39. The predicted octanol–water partition coefficient (Wildman–Crippen LogP) is 3.75. The fraction of sp³-hybridized carbons (Fsp3) is 0.300. The molecule has 0 atom stereocenters. The summed E-state index contributed by atoms with van der Waals surface area (Å²) >= 11 is 6.07. The molecule has 2 rings (SSSR count). The van der Waals surface area contributed by atoms with Crippen LogP contribution in [0.1, 0.15) is 29.5 Å². The zero-order valence-electron chi connectivity index (χ0n) is 14.6. The van der Waals surface area contributed by atoms with E-state index in [-0.39, 0.29) is 18.7 Å². The number of benzene rings is 2. The molecule has 0 unspecified atom stereocenters. The second-order valence-electron chi connectivity index (χ2n) is 6.02. The van der Waals surface area contributed by atoms with E-state index < -0.39 is 5.97 Å². The Hall–Kier alpha value is -2.53. The molecule has 0 fully saturated rings. The van der Waals surface area contributed by atoms with Crippen molar-refractivity contribution in [3.63, 3.8) is 0 Å². The van der Waals surface area contributed by atoms with E-state index in [1.807, 2.05) is 37.3 Å². The predicted molar refractivity (Wildman–Crippen MR) is 101 cm³/mol. The molecule has 5 nitrogen and oxygen atoms in total. The van der Waals surface area contributed by atoms with Crippen LogP contribution in [-0.2, 0) is 22.6 Å². The summed E-state index contributed by atoms with van der Waals surface area (Å²) in [7, 11) is 0. The quantitative estimate of drug-likeness (QED) is 0.699. The van der Waals surface area contributed by atoms with E-state index in [2.05, 4.69) is 11.4 Å². The summed E-state index contributed by atoms with van der Waals surface area (Å²) in [6, 6.07) is 13.5. The Kier molecular flexibility index (Phi) is 7.48. The summed E-state index contributed by atoms with van der Waals surface area (Å²) in [5.41, 5.74) is 3.14. The zero-order valence-corrected chi connectivity index (χ0v) is 15.4. The highest BCUT2D eigenvalue weighted by atomic mass is 35.5. The molecule has 0 bridgehead atoms. The van der Waals surface area contributed by atoms with E-state index in [0.29, 0.717) is 24.6 Å². The van der Waals surface area contributed by atoms with Gasteiger partial charge in [-0.2, -0.15) is 0 Å². The summed E-state index contributed by atoms with van der Waals surface area (Å²) in [6.45, 7) is 2.87. The fourth-order valence-corrected chi connectivity index (χ4v) is 2.69. The van der Waals surface area contributed by atoms with Gasteiger partial charge in [0, 0.05) is 18.0 Å². The van der Waals surface area contributed by atoms with Crippen molar-refractivity contribution in [2.24, 2.45) is 0 Å². The molecule has 26 heavy (non-hydrogen) atoms. The van der Waals surface area contributed by atoms with E-state index in [1.165, 1.54) is 5.56 Å². The van der Waals surface area contributed by atoms with E-state index in [4.69, 9.17) is 21.4 Å². The highest BCUT2D eigenvalue weighted by Crippen LogP contribution is 2.24. The summed E-state index contributed by atoms with van der Waals surface area (Å²) in [6.07, 6.45) is 0.345. The van der Waals surface area contributed by atoms with Gasteiger partial charge in [0.2, 0.25) is 5.91 Å². The number of nitrogens with one attached hydrogen (secondary N) is 1. The highest BCUT2D eigenvalue weighted by molar-refractivity contribution is 6.30. The third-order valence-electron chi connectivity index (χ3n) is 3.78. The lowest BCUT2D eigenvalue weighted by atomic mass is 10.1. The molecule has 2 aromatic rings. The molecule has 0 aliphatic carbocycles. The van der Waals surface area contributed by atoms with Crippen LogP contribution in [0.2, 0.25) is 5.02 Å². The largest absolute Gasteiger partial charge is 0.489 e. The standard InChI is InChI=1S/C20H22ClNO4/c1-14-3-2-4-15(11-14)13-26-18-6-5-17(21)12-16(18)9-10-22-19(23)7-8-20(24)25/h2-6,11-12H,7-10,13H2,1H3,(H,22,23)(H,24,25). The maximum absolute atomic E-state index is 11.6. The van der Waals surface area contributed by atoms with Gasteiger partial charge in [0.05, 0.1) is 6.42 Å². The van der Waals surface area contributed by atoms with E-state index in [9.17, 15) is 9.59 Å². The number of carboxylic acid groups (broad SMARTS) is 1. The van der Waals surface area contributed by atoms with Gasteiger partial charge in [-0.15, -0.1) is 0 Å².